The molecule has 1 fully saturated rings. The Hall–Kier alpha value is -1.10. The molecule has 1 aromatic rings. The summed E-state index contributed by atoms with van der Waals surface area (Å²) < 4.78 is 0. The van der Waals surface area contributed by atoms with Gasteiger partial charge in [0.25, 0.3) is 5.91 Å². The van der Waals surface area contributed by atoms with Crippen LogP contribution in [0.3, 0.4) is 0 Å². The average molecular weight is 256 g/mol. The number of amides is 1. The van der Waals surface area contributed by atoms with Crippen molar-refractivity contribution in [1.82, 2.24) is 4.90 Å². The summed E-state index contributed by atoms with van der Waals surface area (Å²) in [6, 6.07) is 5.03. The van der Waals surface area contributed by atoms with Crippen molar-refractivity contribution in [2.45, 2.75) is 19.1 Å². The lowest BCUT2D eigenvalue weighted by Gasteiger charge is -2.15. The number of carbonyl (C=O) groups is 1. The number of likely N-dealkylation sites (tertiary alicyclic amines) is 1. The third-order valence-corrected chi connectivity index (χ3v) is 3.38. The second kappa shape index (κ2) is 4.64. The molecule has 4 nitrogen and oxygen atoms in total. The normalized spacial score (nSPS) is 24.1. The number of hydrogen-bond acceptors (Lipinski definition) is 3. The molecule has 1 aromatic carbocycles. The van der Waals surface area contributed by atoms with Gasteiger partial charge in [0.1, 0.15) is 0 Å². The Morgan fingerprint density at radius 3 is 2.47 bits per heavy atom. The molecule has 2 atom stereocenters. The molecule has 2 rings (SSSR count). The summed E-state index contributed by atoms with van der Waals surface area (Å²) >= 11 is 5.89. The van der Waals surface area contributed by atoms with E-state index in [4.69, 9.17) is 11.6 Å². The number of aliphatic hydroxyl groups is 2. The highest BCUT2D eigenvalue weighted by molar-refractivity contribution is 6.31. The number of aryl methyl sites for hydroxylation is 1. The van der Waals surface area contributed by atoms with Crippen molar-refractivity contribution in [1.29, 1.82) is 0 Å². The van der Waals surface area contributed by atoms with Gasteiger partial charge < -0.3 is 15.1 Å². The second-order valence-electron chi connectivity index (χ2n) is 4.31. The van der Waals surface area contributed by atoms with E-state index >= 15 is 0 Å². The average Bonchev–Trinajstić information content (AvgIpc) is 2.62. The highest BCUT2D eigenvalue weighted by atomic mass is 35.5. The monoisotopic (exact) mass is 255 g/mol. The van der Waals surface area contributed by atoms with E-state index in [0.29, 0.717) is 10.6 Å². The third-order valence-electron chi connectivity index (χ3n) is 2.95. The Morgan fingerprint density at radius 1 is 1.35 bits per heavy atom. The van der Waals surface area contributed by atoms with E-state index in [1.165, 1.54) is 4.90 Å². The molecule has 1 aliphatic heterocycles. The van der Waals surface area contributed by atoms with Gasteiger partial charge in [-0.25, -0.2) is 0 Å². The highest BCUT2D eigenvalue weighted by Gasteiger charge is 2.32. The van der Waals surface area contributed by atoms with Gasteiger partial charge in [0.05, 0.1) is 12.2 Å². The number of hydrogen-bond donors (Lipinski definition) is 2. The molecule has 1 amide bonds. The van der Waals surface area contributed by atoms with Crippen molar-refractivity contribution >= 4 is 17.5 Å². The van der Waals surface area contributed by atoms with Gasteiger partial charge >= 0.3 is 0 Å². The quantitative estimate of drug-likeness (QED) is 0.781. The van der Waals surface area contributed by atoms with Crippen LogP contribution < -0.4 is 0 Å². The van der Waals surface area contributed by atoms with Crippen LogP contribution in [0.2, 0.25) is 5.02 Å². The number of rotatable bonds is 1. The van der Waals surface area contributed by atoms with Crippen LogP contribution in [0.5, 0.6) is 0 Å². The van der Waals surface area contributed by atoms with Gasteiger partial charge in [-0.05, 0) is 30.7 Å². The molecular formula is C12H14ClNO3. The van der Waals surface area contributed by atoms with Crippen molar-refractivity contribution in [2.24, 2.45) is 0 Å². The molecule has 1 saturated heterocycles. The zero-order valence-corrected chi connectivity index (χ0v) is 10.2. The Kier molecular flexibility index (Phi) is 3.38. The van der Waals surface area contributed by atoms with Crippen LogP contribution in [0.4, 0.5) is 0 Å². The molecule has 0 bridgehead atoms. The maximum absolute atomic E-state index is 12.1. The van der Waals surface area contributed by atoms with Gasteiger partial charge in [-0.15, -0.1) is 0 Å². The predicted molar refractivity (Wildman–Crippen MR) is 64.1 cm³/mol. The number of nitrogens with zero attached hydrogens (tertiary/aromatic N) is 1. The first-order valence-electron chi connectivity index (χ1n) is 5.40. The molecule has 92 valence electrons. The smallest absolute Gasteiger partial charge is 0.254 e. The zero-order valence-electron chi connectivity index (χ0n) is 9.43. The lowest BCUT2D eigenvalue weighted by atomic mass is 10.1. The molecule has 1 heterocycles. The Labute approximate surface area is 104 Å². The summed E-state index contributed by atoms with van der Waals surface area (Å²) in [5.41, 5.74) is 1.35. The molecular weight excluding hydrogens is 242 g/mol. The summed E-state index contributed by atoms with van der Waals surface area (Å²) in [6.07, 6.45) is -1.71. The fourth-order valence-electron chi connectivity index (χ4n) is 1.90. The van der Waals surface area contributed by atoms with Gasteiger partial charge in [0, 0.05) is 23.7 Å². The Balaban J connectivity index is 2.17. The molecule has 1 aliphatic rings. The Morgan fingerprint density at radius 2 is 1.94 bits per heavy atom. The van der Waals surface area contributed by atoms with Gasteiger partial charge in [-0.3, -0.25) is 4.79 Å². The third kappa shape index (κ3) is 2.44. The molecule has 5 heteroatoms. The lowest BCUT2D eigenvalue weighted by molar-refractivity contribution is 0.0572. The minimum Gasteiger partial charge on any atom is -0.388 e. The maximum atomic E-state index is 12.1. The summed E-state index contributed by atoms with van der Waals surface area (Å²) in [5.74, 6) is -0.194. The fourth-order valence-corrected chi connectivity index (χ4v) is 2.01. The van der Waals surface area contributed by atoms with Gasteiger partial charge in [-0.2, -0.15) is 0 Å². The van der Waals surface area contributed by atoms with E-state index in [2.05, 4.69) is 0 Å². The minimum absolute atomic E-state index is 0.168. The molecule has 0 aliphatic carbocycles. The van der Waals surface area contributed by atoms with E-state index in [0.717, 1.165) is 5.56 Å². The first-order chi connectivity index (χ1) is 7.99. The molecule has 0 aromatic heterocycles. The number of benzene rings is 1. The van der Waals surface area contributed by atoms with Crippen molar-refractivity contribution in [2.75, 3.05) is 13.1 Å². The maximum Gasteiger partial charge on any atom is 0.254 e. The van der Waals surface area contributed by atoms with E-state index in [1.807, 2.05) is 6.92 Å². The van der Waals surface area contributed by atoms with Crippen LogP contribution in [0.15, 0.2) is 18.2 Å². The number of aliphatic hydroxyl groups excluding tert-OH is 2. The summed E-state index contributed by atoms with van der Waals surface area (Å²) in [7, 11) is 0. The SMILES string of the molecule is Cc1cc(C(=O)N2CC(O)C(O)C2)ccc1Cl. The second-order valence-corrected chi connectivity index (χ2v) is 4.72. The van der Waals surface area contributed by atoms with Crippen molar-refractivity contribution in [3.63, 3.8) is 0 Å². The van der Waals surface area contributed by atoms with Crippen molar-refractivity contribution in [3.8, 4) is 0 Å². The van der Waals surface area contributed by atoms with Crippen LogP contribution in [0, 0.1) is 6.92 Å². The van der Waals surface area contributed by atoms with Crippen molar-refractivity contribution in [3.05, 3.63) is 34.3 Å². The highest BCUT2D eigenvalue weighted by Crippen LogP contribution is 2.19. The van der Waals surface area contributed by atoms with Crippen LogP contribution >= 0.6 is 11.6 Å². The molecule has 2 unspecified atom stereocenters. The molecule has 17 heavy (non-hydrogen) atoms. The fraction of sp³-hybridized carbons (Fsp3) is 0.417. The molecule has 0 saturated carbocycles. The van der Waals surface area contributed by atoms with E-state index in [9.17, 15) is 15.0 Å². The minimum atomic E-state index is -0.854. The van der Waals surface area contributed by atoms with Gasteiger partial charge in [0.2, 0.25) is 0 Å². The molecule has 0 radical (unpaired) electrons. The number of carbonyl (C=O) groups excluding carboxylic acids is 1. The van der Waals surface area contributed by atoms with Crippen LogP contribution in [-0.4, -0.2) is 46.3 Å². The van der Waals surface area contributed by atoms with Gasteiger partial charge in [-0.1, -0.05) is 11.6 Å². The molecule has 0 spiro atoms. The zero-order chi connectivity index (χ0) is 12.6. The first kappa shape index (κ1) is 12.4. The Bertz CT molecular complexity index is 439. The van der Waals surface area contributed by atoms with Crippen LogP contribution in [0.25, 0.3) is 0 Å². The summed E-state index contributed by atoms with van der Waals surface area (Å²) in [4.78, 5) is 13.5. The van der Waals surface area contributed by atoms with Crippen LogP contribution in [0.1, 0.15) is 15.9 Å². The number of β-amino-alcohol motifs (C(OH)–C–C–N with tert-alkyl or cyclic N) is 2. The van der Waals surface area contributed by atoms with Crippen molar-refractivity contribution < 1.29 is 15.0 Å². The van der Waals surface area contributed by atoms with E-state index in [-0.39, 0.29) is 19.0 Å². The summed E-state index contributed by atoms with van der Waals surface area (Å²) in [5, 5.41) is 19.4. The topological polar surface area (TPSA) is 60.8 Å². The standard InChI is InChI=1S/C12H14ClNO3/c1-7-4-8(2-3-9(7)13)12(17)14-5-10(15)11(16)6-14/h2-4,10-11,15-16H,5-6H2,1H3. The summed E-state index contributed by atoms with van der Waals surface area (Å²) in [6.45, 7) is 2.16. The predicted octanol–water partition coefficient (Wildman–Crippen LogP) is 0.826. The van der Waals surface area contributed by atoms with E-state index in [1.54, 1.807) is 18.2 Å². The van der Waals surface area contributed by atoms with Gasteiger partial charge in [0.15, 0.2) is 0 Å². The van der Waals surface area contributed by atoms with E-state index < -0.39 is 12.2 Å². The number of halogens is 1. The van der Waals surface area contributed by atoms with Crippen LogP contribution in [-0.2, 0) is 0 Å². The first-order valence-corrected chi connectivity index (χ1v) is 5.78. The largest absolute Gasteiger partial charge is 0.388 e. The molecule has 2 N–H and O–H groups in total. The lowest BCUT2D eigenvalue weighted by Crippen LogP contribution is -2.29.